The van der Waals surface area contributed by atoms with Gasteiger partial charge in [-0.3, -0.25) is 9.36 Å². The summed E-state index contributed by atoms with van der Waals surface area (Å²) < 4.78 is 2.21. The number of rotatable bonds is 10. The highest BCUT2D eigenvalue weighted by Gasteiger charge is 2.32. The predicted molar refractivity (Wildman–Crippen MR) is 139 cm³/mol. The minimum atomic E-state index is -0.849. The number of hydrogen-bond donors (Lipinski definition) is 2. The number of aromatic nitrogens is 2. The Hall–Kier alpha value is -3.20. The van der Waals surface area contributed by atoms with E-state index < -0.39 is 18.0 Å². The number of nitrogens with zero attached hydrogens (tertiary/aromatic N) is 3. The van der Waals surface area contributed by atoms with Crippen LogP contribution >= 0.6 is 11.8 Å². The van der Waals surface area contributed by atoms with Crippen molar-refractivity contribution >= 4 is 29.4 Å². The number of imidazole rings is 1. The van der Waals surface area contributed by atoms with E-state index in [-0.39, 0.29) is 5.92 Å². The van der Waals surface area contributed by atoms with Crippen LogP contribution in [0.5, 0.6) is 0 Å². The second-order valence-corrected chi connectivity index (χ2v) is 10.6. The molecule has 0 aliphatic carbocycles. The van der Waals surface area contributed by atoms with Gasteiger partial charge in [-0.25, -0.2) is 9.78 Å². The van der Waals surface area contributed by atoms with Gasteiger partial charge in [0.25, 0.3) is 0 Å². The molecule has 0 radical (unpaired) electrons. The molecule has 2 atom stereocenters. The summed E-state index contributed by atoms with van der Waals surface area (Å²) in [6, 6.07) is -0.596. The van der Waals surface area contributed by atoms with Gasteiger partial charge in [0.05, 0.1) is 44.9 Å². The van der Waals surface area contributed by atoms with Crippen LogP contribution in [-0.4, -0.2) is 63.4 Å². The minimum Gasteiger partial charge on any atom is -0.481 e. The maximum absolute atomic E-state index is 11.7. The fourth-order valence-corrected chi connectivity index (χ4v) is 4.19. The van der Waals surface area contributed by atoms with Crippen molar-refractivity contribution < 1.29 is 24.3 Å². The molecule has 0 bridgehead atoms. The van der Waals surface area contributed by atoms with Crippen LogP contribution in [0.3, 0.4) is 0 Å². The molecule has 1 aromatic rings. The van der Waals surface area contributed by atoms with Crippen molar-refractivity contribution in [3.05, 3.63) is 41.6 Å². The molecule has 7 nitrogen and oxygen atoms in total. The molecule has 0 saturated carbocycles. The van der Waals surface area contributed by atoms with Crippen LogP contribution in [0.15, 0.2) is 41.1 Å². The van der Waals surface area contributed by atoms with E-state index in [0.29, 0.717) is 35.4 Å². The summed E-state index contributed by atoms with van der Waals surface area (Å²) >= 11 is 1.47. The second-order valence-electron chi connectivity index (χ2n) is 9.73. The van der Waals surface area contributed by atoms with Crippen molar-refractivity contribution in [3.63, 3.8) is 0 Å². The average molecular weight is 497 g/mol. The van der Waals surface area contributed by atoms with Crippen LogP contribution < -0.4 is 0 Å². The van der Waals surface area contributed by atoms with E-state index in [4.69, 9.17) is 0 Å². The van der Waals surface area contributed by atoms with Gasteiger partial charge in [0.1, 0.15) is 0 Å². The molecule has 2 rings (SSSR count). The quantitative estimate of drug-likeness (QED) is 0.374. The summed E-state index contributed by atoms with van der Waals surface area (Å²) in [6.45, 7) is 4.17. The number of aliphatic carboxylic acids is 2. The number of allylic oxidation sites excluding steroid dienone is 5. The van der Waals surface area contributed by atoms with Crippen LogP contribution in [0.1, 0.15) is 38.8 Å². The highest BCUT2D eigenvalue weighted by atomic mass is 32.2. The Labute approximate surface area is 212 Å². The number of likely N-dealkylation sites (N-methyl/N-ethyl adjacent to an activating group) is 1. The molecular weight excluding hydrogens is 462 g/mol. The van der Waals surface area contributed by atoms with Gasteiger partial charge < -0.3 is 14.7 Å². The molecule has 1 aliphatic heterocycles. The Balaban J connectivity index is 2.03. The summed E-state index contributed by atoms with van der Waals surface area (Å²) in [5, 5.41) is 21.6. The van der Waals surface area contributed by atoms with Gasteiger partial charge in [-0.05, 0) is 48.2 Å². The number of carbonyl (C=O) groups is 2. The largest absolute Gasteiger partial charge is 0.481 e. The lowest BCUT2D eigenvalue weighted by Crippen LogP contribution is -2.51. The zero-order valence-corrected chi connectivity index (χ0v) is 21.8. The van der Waals surface area contributed by atoms with Crippen LogP contribution in [-0.2, 0) is 16.0 Å². The smallest absolute Gasteiger partial charge is 0.362 e. The van der Waals surface area contributed by atoms with E-state index in [1.807, 2.05) is 43.4 Å². The van der Waals surface area contributed by atoms with Crippen molar-refractivity contribution in [2.24, 2.45) is 11.8 Å². The molecule has 0 saturated heterocycles. The van der Waals surface area contributed by atoms with Crippen LogP contribution in [0, 0.1) is 35.5 Å². The minimum absolute atomic E-state index is 0.305. The van der Waals surface area contributed by atoms with E-state index in [1.165, 1.54) is 11.8 Å². The second kappa shape index (κ2) is 13.0. The molecule has 2 heterocycles. The average Bonchev–Trinajstić information content (AvgIpc) is 3.18. The summed E-state index contributed by atoms with van der Waals surface area (Å²) in [7, 11) is 5.58. The highest BCUT2D eigenvalue weighted by molar-refractivity contribution is 8.02. The maximum atomic E-state index is 11.7. The number of carboxylic acids is 2. The van der Waals surface area contributed by atoms with Crippen molar-refractivity contribution in [2.75, 3.05) is 21.1 Å². The third-order valence-corrected chi connectivity index (χ3v) is 6.30. The summed E-state index contributed by atoms with van der Waals surface area (Å²) in [5.41, 5.74) is 1.54. The number of carboxylic acid groups (broad SMARTS) is 2. The lowest BCUT2D eigenvalue weighted by molar-refractivity contribution is -0.887. The molecule has 2 N–H and O–H groups in total. The molecule has 0 spiro atoms. The summed E-state index contributed by atoms with van der Waals surface area (Å²) in [5.74, 6) is 9.75. The lowest BCUT2D eigenvalue weighted by Gasteiger charge is -2.30. The molecule has 0 amide bonds. The summed E-state index contributed by atoms with van der Waals surface area (Å²) in [4.78, 5) is 27.6. The van der Waals surface area contributed by atoms with Gasteiger partial charge >= 0.3 is 11.9 Å². The van der Waals surface area contributed by atoms with Gasteiger partial charge in [-0.2, -0.15) is 0 Å². The van der Waals surface area contributed by atoms with Crippen LogP contribution in [0.4, 0.5) is 0 Å². The van der Waals surface area contributed by atoms with E-state index in [9.17, 15) is 19.8 Å². The van der Waals surface area contributed by atoms with Crippen LogP contribution in [0.25, 0.3) is 5.70 Å². The fraction of sp³-hybridized carbons (Fsp3) is 0.444. The first-order valence-corrected chi connectivity index (χ1v) is 12.4. The highest BCUT2D eigenvalue weighted by Crippen LogP contribution is 2.29. The van der Waals surface area contributed by atoms with Crippen molar-refractivity contribution in [1.29, 1.82) is 0 Å². The van der Waals surface area contributed by atoms with Gasteiger partial charge in [0, 0.05) is 12.3 Å². The first-order chi connectivity index (χ1) is 16.5. The maximum Gasteiger partial charge on any atom is 0.362 e. The zero-order chi connectivity index (χ0) is 26.0. The van der Waals surface area contributed by atoms with Gasteiger partial charge in [-0.15, -0.1) is 0 Å². The molecule has 35 heavy (non-hydrogen) atoms. The normalized spacial score (nSPS) is 15.8. The molecule has 1 aliphatic rings. The first-order valence-electron chi connectivity index (χ1n) is 11.5. The van der Waals surface area contributed by atoms with E-state index >= 15 is 0 Å². The molecule has 0 aromatic carbocycles. The Kier molecular flexibility index (Phi) is 10.4. The molecule has 1 aromatic heterocycles. The van der Waals surface area contributed by atoms with Crippen LogP contribution in [0.2, 0.25) is 0 Å². The van der Waals surface area contributed by atoms with Crippen molar-refractivity contribution in [3.8, 4) is 23.7 Å². The number of quaternary nitrogens is 1. The predicted octanol–water partition coefficient (Wildman–Crippen LogP) is 4.14. The SMILES string of the molecule is CC(C)CCC(CC=CC#CC#C/C=C1/C=CSc2nc(CC(C(=O)O)[N+](C)(C)C)cn21)C(=O)O. The topological polar surface area (TPSA) is 92.4 Å². The van der Waals surface area contributed by atoms with Crippen molar-refractivity contribution in [2.45, 2.75) is 50.7 Å². The standard InChI is InChI=1S/C27H33N3O4S/c1-20(2)14-15-21(25(31)32)12-10-8-6-7-9-11-13-23-16-17-35-27-28-22(19-29(23)27)18-24(26(33)34)30(3,4)5/h8,10,13,16-17,19-21,24H,12,14-15,18H2,1-5H3,(H-,31,32,33,34)/p+1/b10-8?,23-13-. The molecule has 186 valence electrons. The van der Waals surface area contributed by atoms with Gasteiger partial charge in [-0.1, -0.05) is 49.9 Å². The lowest BCUT2D eigenvalue weighted by atomic mass is 9.95. The third-order valence-electron chi connectivity index (χ3n) is 5.53. The first kappa shape index (κ1) is 28.0. The van der Waals surface area contributed by atoms with Crippen molar-refractivity contribution in [1.82, 2.24) is 9.55 Å². The van der Waals surface area contributed by atoms with Gasteiger partial charge in [0.2, 0.25) is 0 Å². The molecule has 8 heteroatoms. The fourth-order valence-electron chi connectivity index (χ4n) is 3.42. The number of thioether (sulfide) groups is 1. The molecule has 2 unspecified atom stereocenters. The van der Waals surface area contributed by atoms with E-state index in [2.05, 4.69) is 42.5 Å². The third kappa shape index (κ3) is 9.16. The summed E-state index contributed by atoms with van der Waals surface area (Å²) in [6.07, 6.45) is 11.3. The Morgan fingerprint density at radius 3 is 2.49 bits per heavy atom. The number of hydrogen-bond acceptors (Lipinski definition) is 4. The Morgan fingerprint density at radius 2 is 1.86 bits per heavy atom. The number of fused-ring (bicyclic) bond motifs is 1. The van der Waals surface area contributed by atoms with E-state index in [0.717, 1.165) is 17.3 Å². The Bertz CT molecular complexity index is 1130. The van der Waals surface area contributed by atoms with E-state index in [1.54, 1.807) is 18.2 Å². The van der Waals surface area contributed by atoms with Gasteiger partial charge in [0.15, 0.2) is 11.2 Å². The molecule has 0 fully saturated rings. The molecular formula is C27H34N3O4S+. The monoisotopic (exact) mass is 496 g/mol. The Morgan fingerprint density at radius 1 is 1.14 bits per heavy atom. The zero-order valence-electron chi connectivity index (χ0n) is 21.0.